The molecule has 0 aliphatic rings. The van der Waals surface area contributed by atoms with Crippen molar-refractivity contribution in [3.63, 3.8) is 0 Å². The van der Waals surface area contributed by atoms with Crippen LogP contribution in [0.1, 0.15) is 41.5 Å². The van der Waals surface area contributed by atoms with Gasteiger partial charge in [0.2, 0.25) is 0 Å². The zero-order valence-corrected chi connectivity index (χ0v) is 9.85. The Morgan fingerprint density at radius 1 is 1.00 bits per heavy atom. The molecule has 0 saturated carbocycles. The Labute approximate surface area is 79.5 Å². The Kier molecular flexibility index (Phi) is 33.1. The van der Waals surface area contributed by atoms with E-state index >= 15 is 0 Å². The van der Waals surface area contributed by atoms with Crippen molar-refractivity contribution in [2.45, 2.75) is 41.5 Å². The van der Waals surface area contributed by atoms with Crippen LogP contribution in [0.25, 0.3) is 0 Å². The second-order valence-corrected chi connectivity index (χ2v) is 1.77. The molecule has 0 aromatic carbocycles. The summed E-state index contributed by atoms with van der Waals surface area (Å²) in [5.74, 6) is 0. The van der Waals surface area contributed by atoms with Crippen molar-refractivity contribution in [2.24, 2.45) is 0 Å². The Morgan fingerprint density at radius 2 is 1.33 bits per heavy atom. The second-order valence-electron chi connectivity index (χ2n) is 1.77. The molecule has 0 aliphatic heterocycles. The average Bonchev–Trinajstić information content (AvgIpc) is 2.20. The summed E-state index contributed by atoms with van der Waals surface area (Å²) in [4.78, 5) is 2.31. The summed E-state index contributed by atoms with van der Waals surface area (Å²) in [6, 6.07) is 0. The lowest BCUT2D eigenvalue weighted by molar-refractivity contribution is 0.337. The quantitative estimate of drug-likeness (QED) is 0.587. The topological polar surface area (TPSA) is 3.24 Å². The van der Waals surface area contributed by atoms with Crippen LogP contribution in [0, 0.1) is 0 Å². The van der Waals surface area contributed by atoms with Gasteiger partial charge in [-0.2, -0.15) is 0 Å². The molecule has 0 spiro atoms. The predicted molar refractivity (Wildman–Crippen MR) is 60.7 cm³/mol. The molecule has 76 valence electrons. The standard InChI is InChI=1S/C7H15N.2C2H6/c1-4-7-8(5-2)6-3;2*1-2/h4H,1,5-7H2,2-3H3;2*1-2H3. The molecule has 0 aromatic rings. The summed E-state index contributed by atoms with van der Waals surface area (Å²) < 4.78 is 0. The van der Waals surface area contributed by atoms with Crippen molar-refractivity contribution >= 4 is 0 Å². The van der Waals surface area contributed by atoms with Crippen molar-refractivity contribution in [1.29, 1.82) is 0 Å². The summed E-state index contributed by atoms with van der Waals surface area (Å²) in [6.45, 7) is 19.2. The molecule has 0 amide bonds. The van der Waals surface area contributed by atoms with Crippen molar-refractivity contribution in [1.82, 2.24) is 4.90 Å². The zero-order valence-electron chi connectivity index (χ0n) is 9.85. The Morgan fingerprint density at radius 3 is 1.42 bits per heavy atom. The Bertz CT molecular complexity index is 56.0. The lowest BCUT2D eigenvalue weighted by Gasteiger charge is -2.14. The monoisotopic (exact) mass is 173 g/mol. The fourth-order valence-electron chi connectivity index (χ4n) is 0.664. The molecule has 0 radical (unpaired) electrons. The summed E-state index contributed by atoms with van der Waals surface area (Å²) in [7, 11) is 0. The first kappa shape index (κ1) is 17.7. The molecular weight excluding hydrogens is 146 g/mol. The maximum atomic E-state index is 3.65. The smallest absolute Gasteiger partial charge is 0.0160 e. The van der Waals surface area contributed by atoms with E-state index in [0.29, 0.717) is 0 Å². The zero-order chi connectivity index (χ0) is 10.4. The van der Waals surface area contributed by atoms with Gasteiger partial charge in [-0.1, -0.05) is 47.6 Å². The second kappa shape index (κ2) is 22.4. The molecule has 12 heavy (non-hydrogen) atoms. The van der Waals surface area contributed by atoms with E-state index in [1.807, 2.05) is 33.8 Å². The van der Waals surface area contributed by atoms with Gasteiger partial charge in [-0.15, -0.1) is 6.58 Å². The van der Waals surface area contributed by atoms with Gasteiger partial charge in [-0.25, -0.2) is 0 Å². The molecule has 0 atom stereocenters. The molecule has 1 nitrogen and oxygen atoms in total. The van der Waals surface area contributed by atoms with E-state index in [1.165, 1.54) is 0 Å². The molecule has 0 aromatic heterocycles. The van der Waals surface area contributed by atoms with Crippen molar-refractivity contribution in [3.8, 4) is 0 Å². The number of hydrogen-bond donors (Lipinski definition) is 0. The lowest BCUT2D eigenvalue weighted by atomic mass is 10.5. The highest BCUT2D eigenvalue weighted by atomic mass is 15.1. The van der Waals surface area contributed by atoms with Crippen LogP contribution in [-0.4, -0.2) is 24.5 Å². The number of rotatable bonds is 4. The number of hydrogen-bond acceptors (Lipinski definition) is 1. The van der Waals surface area contributed by atoms with E-state index in [2.05, 4.69) is 25.3 Å². The molecule has 0 unspecified atom stereocenters. The molecule has 0 rings (SSSR count). The van der Waals surface area contributed by atoms with Gasteiger partial charge in [0, 0.05) is 6.54 Å². The summed E-state index contributed by atoms with van der Waals surface area (Å²) in [5, 5.41) is 0. The van der Waals surface area contributed by atoms with Crippen LogP contribution in [0.4, 0.5) is 0 Å². The number of likely N-dealkylation sites (N-methyl/N-ethyl adjacent to an activating group) is 1. The van der Waals surface area contributed by atoms with Crippen LogP contribution in [0.15, 0.2) is 12.7 Å². The first-order valence-electron chi connectivity index (χ1n) is 5.18. The molecule has 1 heteroatoms. The molecule has 0 bridgehead atoms. The minimum atomic E-state index is 1.02. The highest BCUT2D eigenvalue weighted by Crippen LogP contribution is 1.84. The maximum Gasteiger partial charge on any atom is 0.0160 e. The normalized spacial score (nSPS) is 7.58. The van der Waals surface area contributed by atoms with Crippen molar-refractivity contribution in [2.75, 3.05) is 19.6 Å². The van der Waals surface area contributed by atoms with Gasteiger partial charge in [-0.3, -0.25) is 0 Å². The van der Waals surface area contributed by atoms with E-state index in [0.717, 1.165) is 19.6 Å². The van der Waals surface area contributed by atoms with E-state index in [9.17, 15) is 0 Å². The van der Waals surface area contributed by atoms with Crippen molar-refractivity contribution < 1.29 is 0 Å². The minimum absolute atomic E-state index is 1.02. The van der Waals surface area contributed by atoms with Crippen LogP contribution in [0.3, 0.4) is 0 Å². The van der Waals surface area contributed by atoms with Gasteiger partial charge in [-0.05, 0) is 13.1 Å². The van der Waals surface area contributed by atoms with Gasteiger partial charge in [0.05, 0.1) is 0 Å². The van der Waals surface area contributed by atoms with Crippen LogP contribution in [0.2, 0.25) is 0 Å². The first-order valence-corrected chi connectivity index (χ1v) is 5.18. The molecule has 0 N–H and O–H groups in total. The molecule has 0 heterocycles. The minimum Gasteiger partial charge on any atom is -0.300 e. The molecule has 0 aliphatic carbocycles. The first-order chi connectivity index (χ1) is 5.85. The van der Waals surface area contributed by atoms with Crippen LogP contribution in [0.5, 0.6) is 0 Å². The molecule has 0 saturated heterocycles. The number of nitrogens with zero attached hydrogens (tertiary/aromatic N) is 1. The lowest BCUT2D eigenvalue weighted by Crippen LogP contribution is -2.22. The Hall–Kier alpha value is -0.300. The fourth-order valence-corrected chi connectivity index (χ4v) is 0.664. The maximum absolute atomic E-state index is 3.65. The third-order valence-corrected chi connectivity index (χ3v) is 1.28. The SMILES string of the molecule is C=CCN(CC)CC.CC.CC. The van der Waals surface area contributed by atoms with Gasteiger partial charge in [0.25, 0.3) is 0 Å². The van der Waals surface area contributed by atoms with E-state index in [1.54, 1.807) is 0 Å². The summed E-state index contributed by atoms with van der Waals surface area (Å²) >= 11 is 0. The van der Waals surface area contributed by atoms with Crippen LogP contribution >= 0.6 is 0 Å². The van der Waals surface area contributed by atoms with E-state index in [-0.39, 0.29) is 0 Å². The highest BCUT2D eigenvalue weighted by molar-refractivity contribution is 4.71. The van der Waals surface area contributed by atoms with Gasteiger partial charge >= 0.3 is 0 Å². The average molecular weight is 173 g/mol. The largest absolute Gasteiger partial charge is 0.300 e. The van der Waals surface area contributed by atoms with Crippen LogP contribution < -0.4 is 0 Å². The fraction of sp³-hybridized carbons (Fsp3) is 0.818. The molecule has 0 fully saturated rings. The third kappa shape index (κ3) is 16.4. The van der Waals surface area contributed by atoms with Gasteiger partial charge < -0.3 is 4.90 Å². The van der Waals surface area contributed by atoms with Crippen molar-refractivity contribution in [3.05, 3.63) is 12.7 Å². The van der Waals surface area contributed by atoms with E-state index < -0.39 is 0 Å². The summed E-state index contributed by atoms with van der Waals surface area (Å²) in [5.41, 5.74) is 0. The van der Waals surface area contributed by atoms with Gasteiger partial charge in [0.1, 0.15) is 0 Å². The predicted octanol–water partition coefficient (Wildman–Crippen LogP) is 3.57. The Balaban J connectivity index is -0.000000175. The summed E-state index contributed by atoms with van der Waals surface area (Å²) in [6.07, 6.45) is 1.94. The van der Waals surface area contributed by atoms with Gasteiger partial charge in [0.15, 0.2) is 0 Å². The third-order valence-electron chi connectivity index (χ3n) is 1.28. The molecular formula is C11H27N. The highest BCUT2D eigenvalue weighted by Gasteiger charge is 1.90. The van der Waals surface area contributed by atoms with E-state index in [4.69, 9.17) is 0 Å². The van der Waals surface area contributed by atoms with Crippen LogP contribution in [-0.2, 0) is 0 Å².